The average Bonchev–Trinajstić information content (AvgIpc) is 3.31. The van der Waals surface area contributed by atoms with Crippen molar-refractivity contribution >= 4 is 34.1 Å². The quantitative estimate of drug-likeness (QED) is 0.242. The predicted molar refractivity (Wildman–Crippen MR) is 157 cm³/mol. The largest absolute Gasteiger partial charge is 0.497 e. The van der Waals surface area contributed by atoms with Gasteiger partial charge in [-0.15, -0.1) is 0 Å². The molecule has 2 heterocycles. The molecular weight excluding hydrogens is 619 g/mol. The molecule has 3 atom stereocenters. The van der Waals surface area contributed by atoms with Crippen LogP contribution in [-0.4, -0.2) is 60.7 Å². The molecule has 5 rings (SSSR count). The normalized spacial score (nSPS) is 17.2. The smallest absolute Gasteiger partial charge is 0.416 e. The molecule has 242 valence electrons. The minimum Gasteiger partial charge on any atom is -0.497 e. The fraction of sp³-hybridized carbons (Fsp3) is 0.258. The van der Waals surface area contributed by atoms with Crippen LogP contribution in [0, 0.1) is 11.6 Å². The minimum atomic E-state index is -5.02. The van der Waals surface area contributed by atoms with Gasteiger partial charge >= 0.3 is 12.2 Å². The zero-order chi connectivity index (χ0) is 33.3. The van der Waals surface area contributed by atoms with E-state index in [1.165, 1.54) is 20.3 Å². The number of methoxy groups -OCH3 is 2. The molecule has 10 nitrogen and oxygen atoms in total. The molecule has 0 spiro atoms. The molecule has 2 unspecified atom stereocenters. The summed E-state index contributed by atoms with van der Waals surface area (Å²) in [5.74, 6) is -4.04. The number of nitrogens with one attached hydrogen (secondary N) is 2. The van der Waals surface area contributed by atoms with Crippen LogP contribution in [0.25, 0.3) is 10.8 Å². The minimum absolute atomic E-state index is 0.148. The number of halogens is 5. The number of rotatable bonds is 8. The number of urea groups is 1. The van der Waals surface area contributed by atoms with Crippen LogP contribution in [0.1, 0.15) is 11.5 Å². The van der Waals surface area contributed by atoms with Gasteiger partial charge in [0, 0.05) is 42.0 Å². The zero-order valence-electron chi connectivity index (χ0n) is 24.3. The van der Waals surface area contributed by atoms with Gasteiger partial charge in [-0.2, -0.15) is 13.2 Å². The predicted octanol–water partition coefficient (Wildman–Crippen LogP) is 4.54. The van der Waals surface area contributed by atoms with E-state index in [9.17, 15) is 32.7 Å². The Morgan fingerprint density at radius 2 is 1.63 bits per heavy atom. The SMILES string of the molecule is COc1cc(F)c([C@@H]2CN(c3cccn(CC(O)C(F)(F)F)c3=O)C(=O)C2NC(=O)Nc2ccc3cc(OC)ccc3c2)c(F)c1. The number of ether oxygens (including phenoxy) is 2. The van der Waals surface area contributed by atoms with Crippen LogP contribution in [0.3, 0.4) is 0 Å². The van der Waals surface area contributed by atoms with Crippen molar-refractivity contribution in [2.45, 2.75) is 30.8 Å². The number of carbonyl (C=O) groups excluding carboxylic acids is 2. The number of aliphatic hydroxyl groups excluding tert-OH is 1. The summed E-state index contributed by atoms with van der Waals surface area (Å²) in [5.41, 5.74) is -1.75. The van der Waals surface area contributed by atoms with Crippen LogP contribution in [0.4, 0.5) is 38.1 Å². The number of aliphatic hydroxyl groups is 1. The first-order chi connectivity index (χ1) is 21.8. The van der Waals surface area contributed by atoms with Gasteiger partial charge in [0.2, 0.25) is 0 Å². The molecule has 1 aliphatic rings. The summed E-state index contributed by atoms with van der Waals surface area (Å²) in [5, 5.41) is 16.1. The van der Waals surface area contributed by atoms with Crippen molar-refractivity contribution < 1.29 is 46.1 Å². The Morgan fingerprint density at radius 1 is 0.978 bits per heavy atom. The highest BCUT2D eigenvalue weighted by Gasteiger charge is 2.46. The molecule has 1 fully saturated rings. The summed E-state index contributed by atoms with van der Waals surface area (Å²) in [7, 11) is 2.72. The molecule has 0 saturated carbocycles. The lowest BCUT2D eigenvalue weighted by Gasteiger charge is -2.20. The van der Waals surface area contributed by atoms with E-state index in [4.69, 9.17) is 9.47 Å². The van der Waals surface area contributed by atoms with Crippen molar-refractivity contribution in [3.05, 3.63) is 94.4 Å². The lowest BCUT2D eigenvalue weighted by molar-refractivity contribution is -0.207. The summed E-state index contributed by atoms with van der Waals surface area (Å²) in [6.07, 6.45) is -6.90. The maximum absolute atomic E-state index is 15.3. The number of hydrogen-bond acceptors (Lipinski definition) is 6. The maximum Gasteiger partial charge on any atom is 0.416 e. The Hall–Kier alpha value is -5.18. The molecule has 3 aromatic carbocycles. The number of benzene rings is 3. The van der Waals surface area contributed by atoms with Crippen LogP contribution in [0.2, 0.25) is 0 Å². The summed E-state index contributed by atoms with van der Waals surface area (Å²) in [6.45, 7) is -1.69. The van der Waals surface area contributed by atoms with Crippen molar-refractivity contribution in [3.8, 4) is 11.5 Å². The lowest BCUT2D eigenvalue weighted by atomic mass is 9.93. The summed E-state index contributed by atoms with van der Waals surface area (Å²) < 4.78 is 80.2. The summed E-state index contributed by atoms with van der Waals surface area (Å²) in [6, 6.07) is 11.8. The third-order valence-corrected chi connectivity index (χ3v) is 7.60. The van der Waals surface area contributed by atoms with Crippen LogP contribution in [0.15, 0.2) is 71.7 Å². The number of alkyl halides is 3. The van der Waals surface area contributed by atoms with Gasteiger partial charge in [0.05, 0.1) is 20.8 Å². The first-order valence-electron chi connectivity index (χ1n) is 13.7. The topological polar surface area (TPSA) is 122 Å². The second-order valence-electron chi connectivity index (χ2n) is 10.5. The van der Waals surface area contributed by atoms with Crippen LogP contribution >= 0.6 is 0 Å². The van der Waals surface area contributed by atoms with Gasteiger partial charge in [-0.1, -0.05) is 12.1 Å². The monoisotopic (exact) mass is 646 g/mol. The van der Waals surface area contributed by atoms with Gasteiger partial charge in [-0.05, 0) is 47.2 Å². The summed E-state index contributed by atoms with van der Waals surface area (Å²) >= 11 is 0. The van der Waals surface area contributed by atoms with Gasteiger partial charge in [0.15, 0.2) is 6.10 Å². The highest BCUT2D eigenvalue weighted by molar-refractivity contribution is 6.04. The molecule has 3 amide bonds. The third-order valence-electron chi connectivity index (χ3n) is 7.60. The number of nitrogens with zero attached hydrogens (tertiary/aromatic N) is 2. The van der Waals surface area contributed by atoms with Crippen molar-refractivity contribution in [3.63, 3.8) is 0 Å². The Balaban J connectivity index is 1.47. The van der Waals surface area contributed by atoms with E-state index in [1.807, 2.05) is 0 Å². The molecule has 1 aromatic heterocycles. The molecule has 0 aliphatic carbocycles. The average molecular weight is 647 g/mol. The second kappa shape index (κ2) is 12.7. The van der Waals surface area contributed by atoms with E-state index >= 15 is 8.78 Å². The van der Waals surface area contributed by atoms with E-state index in [0.29, 0.717) is 16.0 Å². The van der Waals surface area contributed by atoms with Crippen molar-refractivity contribution in [1.29, 1.82) is 0 Å². The van der Waals surface area contributed by atoms with E-state index < -0.39 is 77.7 Å². The van der Waals surface area contributed by atoms with Gasteiger partial charge < -0.3 is 34.7 Å². The maximum atomic E-state index is 15.3. The number of hydrogen-bond donors (Lipinski definition) is 3. The van der Waals surface area contributed by atoms with Crippen molar-refractivity contribution in [1.82, 2.24) is 9.88 Å². The van der Waals surface area contributed by atoms with Crippen LogP contribution < -0.4 is 30.6 Å². The number of pyridine rings is 1. The molecule has 0 radical (unpaired) electrons. The Labute approximate surface area is 257 Å². The number of carbonyl (C=O) groups is 2. The molecule has 0 bridgehead atoms. The fourth-order valence-corrected chi connectivity index (χ4v) is 5.30. The van der Waals surface area contributed by atoms with E-state index in [1.54, 1.807) is 36.4 Å². The van der Waals surface area contributed by atoms with Gasteiger partial charge in [-0.25, -0.2) is 13.6 Å². The number of fused-ring (bicyclic) bond motifs is 1. The first-order valence-corrected chi connectivity index (χ1v) is 13.7. The van der Waals surface area contributed by atoms with Gasteiger partial charge in [0.25, 0.3) is 11.5 Å². The van der Waals surface area contributed by atoms with Crippen LogP contribution in [-0.2, 0) is 11.3 Å². The zero-order valence-corrected chi connectivity index (χ0v) is 24.3. The molecule has 46 heavy (non-hydrogen) atoms. The third kappa shape index (κ3) is 6.44. The first kappa shape index (κ1) is 32.2. The second-order valence-corrected chi connectivity index (χ2v) is 10.5. The fourth-order valence-electron chi connectivity index (χ4n) is 5.30. The molecule has 15 heteroatoms. The number of amides is 3. The molecule has 4 aromatic rings. The molecule has 1 aliphatic heterocycles. The van der Waals surface area contributed by atoms with E-state index in [0.717, 1.165) is 40.1 Å². The Morgan fingerprint density at radius 3 is 2.28 bits per heavy atom. The molecular formula is C31H27F5N4O6. The van der Waals surface area contributed by atoms with Crippen molar-refractivity contribution in [2.75, 3.05) is 31.0 Å². The Kier molecular flexibility index (Phi) is 8.87. The molecule has 3 N–H and O–H groups in total. The highest BCUT2D eigenvalue weighted by atomic mass is 19.4. The number of anilines is 2. The molecule has 1 saturated heterocycles. The van der Waals surface area contributed by atoms with Gasteiger partial charge in [0.1, 0.15) is 34.9 Å². The standard InChI is InChI=1S/C31H27F5N4O6/c1-45-19-8-6-16-10-18(7-5-17(16)11-19)37-30(44)38-27-21(26-22(32)12-20(46-2)13-23(26)33)14-40(29(27)43)24-4-3-9-39(28(24)42)15-25(41)31(34,35)36/h3-13,21,25,27,41H,14-15H2,1-2H3,(H2,37,38,44)/t21-,25?,27?/m0/s1. The Bertz CT molecular complexity index is 1840. The highest BCUT2D eigenvalue weighted by Crippen LogP contribution is 2.36. The van der Waals surface area contributed by atoms with Gasteiger partial charge in [-0.3, -0.25) is 9.59 Å². The lowest BCUT2D eigenvalue weighted by Crippen LogP contribution is -2.46. The van der Waals surface area contributed by atoms with E-state index in [-0.39, 0.29) is 5.75 Å². The summed E-state index contributed by atoms with van der Waals surface area (Å²) in [4.78, 5) is 40.9. The van der Waals surface area contributed by atoms with Crippen LogP contribution in [0.5, 0.6) is 11.5 Å². The van der Waals surface area contributed by atoms with Crippen molar-refractivity contribution in [2.24, 2.45) is 0 Å². The van der Waals surface area contributed by atoms with E-state index in [2.05, 4.69) is 10.6 Å². The number of aromatic nitrogens is 1.